The molecule has 1 aliphatic heterocycles. The molecule has 0 radical (unpaired) electrons. The lowest BCUT2D eigenvalue weighted by molar-refractivity contribution is -0.111. The van der Waals surface area contributed by atoms with Gasteiger partial charge in [0.2, 0.25) is 12.7 Å². The molecule has 0 saturated carbocycles. The third kappa shape index (κ3) is 4.00. The number of benzene rings is 2. The first kappa shape index (κ1) is 18.8. The molecule has 29 heavy (non-hydrogen) atoms. The number of hydrogen-bond donors (Lipinski definition) is 1. The Bertz CT molecular complexity index is 1090. The fourth-order valence-electron chi connectivity index (χ4n) is 2.93. The first-order valence-corrected chi connectivity index (χ1v) is 9.67. The van der Waals surface area contributed by atoms with Gasteiger partial charge in [0, 0.05) is 17.0 Å². The Hall–Kier alpha value is -3.58. The van der Waals surface area contributed by atoms with Crippen molar-refractivity contribution in [2.24, 2.45) is 0 Å². The Kier molecular flexibility index (Phi) is 5.31. The van der Waals surface area contributed by atoms with Crippen molar-refractivity contribution in [2.45, 2.75) is 0 Å². The highest BCUT2D eigenvalue weighted by Crippen LogP contribution is 2.36. The van der Waals surface area contributed by atoms with Crippen LogP contribution in [0.4, 0.5) is 5.00 Å². The Morgan fingerprint density at radius 2 is 1.90 bits per heavy atom. The van der Waals surface area contributed by atoms with E-state index in [0.717, 1.165) is 16.7 Å². The molecule has 1 aromatic heterocycles. The van der Waals surface area contributed by atoms with E-state index < -0.39 is 5.97 Å². The maximum atomic E-state index is 12.4. The smallest absolute Gasteiger partial charge is 0.341 e. The minimum Gasteiger partial charge on any atom is -0.465 e. The molecule has 0 bridgehead atoms. The van der Waals surface area contributed by atoms with Gasteiger partial charge in [0.1, 0.15) is 10.6 Å². The monoisotopic (exact) mass is 407 g/mol. The summed E-state index contributed by atoms with van der Waals surface area (Å²) in [6, 6.07) is 14.9. The number of hydrogen-bond acceptors (Lipinski definition) is 6. The number of carbonyl (C=O) groups excluding carboxylic acids is 2. The molecule has 1 aliphatic rings. The van der Waals surface area contributed by atoms with Crippen LogP contribution in [0.15, 0.2) is 60.0 Å². The second-order valence-electron chi connectivity index (χ2n) is 6.15. The molecule has 2 aromatic carbocycles. The molecule has 0 saturated heterocycles. The van der Waals surface area contributed by atoms with Crippen molar-refractivity contribution in [2.75, 3.05) is 19.2 Å². The molecule has 1 N–H and O–H groups in total. The number of carbonyl (C=O) groups is 2. The van der Waals surface area contributed by atoms with E-state index in [0.29, 0.717) is 22.1 Å². The summed E-state index contributed by atoms with van der Waals surface area (Å²) in [7, 11) is 1.32. The average molecular weight is 407 g/mol. The fraction of sp³-hybridized carbons (Fsp3) is 0.0909. The van der Waals surface area contributed by atoms with E-state index in [4.69, 9.17) is 14.2 Å². The van der Waals surface area contributed by atoms with Gasteiger partial charge in [-0.15, -0.1) is 11.3 Å². The van der Waals surface area contributed by atoms with Gasteiger partial charge in [0.15, 0.2) is 11.5 Å². The van der Waals surface area contributed by atoms with E-state index in [1.54, 1.807) is 18.2 Å². The molecular weight excluding hydrogens is 390 g/mol. The Labute approximate surface area is 171 Å². The van der Waals surface area contributed by atoms with Crippen molar-refractivity contribution in [3.8, 4) is 22.6 Å². The Morgan fingerprint density at radius 3 is 2.69 bits per heavy atom. The molecule has 1 amide bonds. The van der Waals surface area contributed by atoms with Crippen molar-refractivity contribution < 1.29 is 23.8 Å². The molecule has 6 nitrogen and oxygen atoms in total. The van der Waals surface area contributed by atoms with Gasteiger partial charge < -0.3 is 19.5 Å². The number of ether oxygens (including phenoxy) is 3. The summed E-state index contributed by atoms with van der Waals surface area (Å²) >= 11 is 1.28. The largest absolute Gasteiger partial charge is 0.465 e. The number of fused-ring (bicyclic) bond motifs is 1. The summed E-state index contributed by atoms with van der Waals surface area (Å²) in [5, 5.41) is 5.05. The number of methoxy groups -OCH3 is 1. The topological polar surface area (TPSA) is 73.9 Å². The predicted octanol–water partition coefficient (Wildman–Crippen LogP) is 4.58. The fourth-order valence-corrected chi connectivity index (χ4v) is 3.89. The molecule has 2 heterocycles. The summed E-state index contributed by atoms with van der Waals surface area (Å²) in [4.78, 5) is 24.8. The molecule has 7 heteroatoms. The Morgan fingerprint density at radius 1 is 1.10 bits per heavy atom. The molecule has 0 atom stereocenters. The lowest BCUT2D eigenvalue weighted by Crippen LogP contribution is -2.11. The standard InChI is InChI=1S/C22H17NO5S/c1-26-22(25)20-16(15-5-3-2-4-6-15)12-29-21(20)23-19(24)10-8-14-7-9-17-18(11-14)28-13-27-17/h2-12H,13H2,1H3,(H,23,24). The van der Waals surface area contributed by atoms with Crippen molar-refractivity contribution in [3.05, 3.63) is 71.1 Å². The lowest BCUT2D eigenvalue weighted by atomic mass is 10.0. The van der Waals surface area contributed by atoms with Crippen molar-refractivity contribution >= 4 is 34.3 Å². The number of thiophene rings is 1. The highest BCUT2D eigenvalue weighted by Gasteiger charge is 2.21. The normalized spacial score (nSPS) is 12.2. The van der Waals surface area contributed by atoms with Crippen LogP contribution in [-0.4, -0.2) is 25.8 Å². The van der Waals surface area contributed by atoms with Crippen molar-refractivity contribution in [1.29, 1.82) is 0 Å². The summed E-state index contributed by atoms with van der Waals surface area (Å²) in [5.74, 6) is 0.474. The van der Waals surface area contributed by atoms with E-state index in [1.807, 2.05) is 41.8 Å². The molecule has 3 aromatic rings. The highest BCUT2D eigenvalue weighted by molar-refractivity contribution is 7.15. The molecule has 0 spiro atoms. The van der Waals surface area contributed by atoms with Gasteiger partial charge in [-0.2, -0.15) is 0 Å². The molecule has 0 unspecified atom stereocenters. The highest BCUT2D eigenvalue weighted by atomic mass is 32.1. The van der Waals surface area contributed by atoms with E-state index in [-0.39, 0.29) is 12.7 Å². The van der Waals surface area contributed by atoms with Gasteiger partial charge in [0.05, 0.1) is 7.11 Å². The van der Waals surface area contributed by atoms with Gasteiger partial charge in [-0.05, 0) is 29.3 Å². The van der Waals surface area contributed by atoms with Crippen molar-refractivity contribution in [1.82, 2.24) is 0 Å². The maximum absolute atomic E-state index is 12.4. The Balaban J connectivity index is 1.55. The first-order valence-electron chi connectivity index (χ1n) is 8.79. The quantitative estimate of drug-likeness (QED) is 0.495. The minimum absolute atomic E-state index is 0.196. The summed E-state index contributed by atoms with van der Waals surface area (Å²) in [6.07, 6.45) is 3.07. The zero-order chi connectivity index (χ0) is 20.2. The van der Waals surface area contributed by atoms with E-state index >= 15 is 0 Å². The number of esters is 1. The van der Waals surface area contributed by atoms with Crippen molar-refractivity contribution in [3.63, 3.8) is 0 Å². The SMILES string of the molecule is COC(=O)c1c(-c2ccccc2)csc1NC(=O)C=Cc1ccc2c(c1)OCO2. The number of anilines is 1. The van der Waals surface area contributed by atoms with Gasteiger partial charge in [-0.25, -0.2) is 4.79 Å². The van der Waals surface area contributed by atoms with Crippen LogP contribution in [0.25, 0.3) is 17.2 Å². The second kappa shape index (κ2) is 8.20. The van der Waals surface area contributed by atoms with Gasteiger partial charge in [0.25, 0.3) is 0 Å². The van der Waals surface area contributed by atoms with Crippen LogP contribution in [-0.2, 0) is 9.53 Å². The third-order valence-electron chi connectivity index (χ3n) is 4.33. The lowest BCUT2D eigenvalue weighted by Gasteiger charge is -2.06. The van der Waals surface area contributed by atoms with Gasteiger partial charge >= 0.3 is 5.97 Å². The predicted molar refractivity (Wildman–Crippen MR) is 111 cm³/mol. The first-order chi connectivity index (χ1) is 14.2. The van der Waals surface area contributed by atoms with Crippen LogP contribution in [0.2, 0.25) is 0 Å². The molecule has 0 fully saturated rings. The van der Waals surface area contributed by atoms with Crippen LogP contribution in [0.5, 0.6) is 11.5 Å². The number of nitrogens with one attached hydrogen (secondary N) is 1. The van der Waals surface area contributed by atoms with E-state index in [1.165, 1.54) is 24.5 Å². The average Bonchev–Trinajstić information content (AvgIpc) is 3.39. The molecule has 146 valence electrons. The van der Waals surface area contributed by atoms with Crippen LogP contribution in [0, 0.1) is 0 Å². The summed E-state index contributed by atoms with van der Waals surface area (Å²) < 4.78 is 15.5. The van der Waals surface area contributed by atoms with Crippen LogP contribution >= 0.6 is 11.3 Å². The van der Waals surface area contributed by atoms with E-state index in [2.05, 4.69) is 5.32 Å². The maximum Gasteiger partial charge on any atom is 0.341 e. The van der Waals surface area contributed by atoms with Crippen LogP contribution in [0.3, 0.4) is 0 Å². The minimum atomic E-state index is -0.500. The zero-order valence-corrected chi connectivity index (χ0v) is 16.3. The number of rotatable bonds is 5. The van der Waals surface area contributed by atoms with Crippen LogP contribution in [0.1, 0.15) is 15.9 Å². The van der Waals surface area contributed by atoms with Gasteiger partial charge in [-0.3, -0.25) is 4.79 Å². The van der Waals surface area contributed by atoms with Gasteiger partial charge in [-0.1, -0.05) is 36.4 Å². The summed E-state index contributed by atoms with van der Waals surface area (Å²) in [5.41, 5.74) is 2.74. The molecule has 4 rings (SSSR count). The molecule has 0 aliphatic carbocycles. The number of amides is 1. The third-order valence-corrected chi connectivity index (χ3v) is 5.22. The summed E-state index contributed by atoms with van der Waals surface area (Å²) in [6.45, 7) is 0.196. The van der Waals surface area contributed by atoms with Crippen LogP contribution < -0.4 is 14.8 Å². The second-order valence-corrected chi connectivity index (χ2v) is 7.03. The molecular formula is C22H17NO5S. The van der Waals surface area contributed by atoms with E-state index in [9.17, 15) is 9.59 Å². The zero-order valence-electron chi connectivity index (χ0n) is 15.5.